The molecule has 1 atom stereocenters. The lowest BCUT2D eigenvalue weighted by atomic mass is 10.00. The molecule has 2 aromatic rings. The van der Waals surface area contributed by atoms with E-state index in [1.807, 2.05) is 11.8 Å². The maximum absolute atomic E-state index is 15.0. The number of halogens is 2. The molecule has 3 heterocycles. The molecule has 4 rings (SSSR count). The molecule has 2 fully saturated rings. The number of nitrogens with two attached hydrogens (primary N) is 1. The first-order valence-electron chi connectivity index (χ1n) is 9.06. The summed E-state index contributed by atoms with van der Waals surface area (Å²) >= 11 is 0. The fourth-order valence-electron chi connectivity index (χ4n) is 4.06. The molecule has 2 aromatic heterocycles. The van der Waals surface area contributed by atoms with Crippen molar-refractivity contribution in [3.8, 4) is 0 Å². The van der Waals surface area contributed by atoms with E-state index in [-0.39, 0.29) is 29.9 Å². The van der Waals surface area contributed by atoms with Crippen LogP contribution in [-0.2, 0) is 6.42 Å². The van der Waals surface area contributed by atoms with E-state index in [1.54, 1.807) is 0 Å². The van der Waals surface area contributed by atoms with E-state index in [0.29, 0.717) is 30.7 Å². The number of hydrogen-bond acceptors (Lipinski definition) is 4. The predicted molar refractivity (Wildman–Crippen MR) is 104 cm³/mol. The number of aryl methyl sites for hydroxylation is 1. The van der Waals surface area contributed by atoms with Crippen molar-refractivity contribution in [2.24, 2.45) is 5.73 Å². The van der Waals surface area contributed by atoms with Gasteiger partial charge in [-0.3, -0.25) is 9.20 Å². The van der Waals surface area contributed by atoms with Crippen LogP contribution >= 0.6 is 12.4 Å². The minimum atomic E-state index is -1.28. The van der Waals surface area contributed by atoms with Crippen LogP contribution in [0.25, 0.3) is 5.52 Å². The van der Waals surface area contributed by atoms with Gasteiger partial charge in [-0.2, -0.15) is 0 Å². The molecule has 146 valence electrons. The van der Waals surface area contributed by atoms with Crippen molar-refractivity contribution in [3.63, 3.8) is 0 Å². The van der Waals surface area contributed by atoms with E-state index in [9.17, 15) is 14.7 Å². The second kappa shape index (κ2) is 7.13. The number of carboxylic acid groups (broad SMARTS) is 1. The Bertz CT molecular complexity index is 971. The van der Waals surface area contributed by atoms with Gasteiger partial charge < -0.3 is 15.7 Å². The lowest BCUT2D eigenvalue weighted by Crippen LogP contribution is -2.29. The van der Waals surface area contributed by atoms with Gasteiger partial charge in [0.15, 0.2) is 5.82 Å². The van der Waals surface area contributed by atoms with E-state index in [1.165, 1.54) is 10.5 Å². The van der Waals surface area contributed by atoms with Gasteiger partial charge in [0.2, 0.25) is 0 Å². The second-order valence-electron chi connectivity index (χ2n) is 7.27. The summed E-state index contributed by atoms with van der Waals surface area (Å²) in [4.78, 5) is 26.1. The first kappa shape index (κ1) is 19.6. The van der Waals surface area contributed by atoms with Crippen LogP contribution in [0.5, 0.6) is 0 Å². The standard InChI is InChI=1S/C19H22FN3O3.ClH/c1-2-12-16-13(10-3-4-10)7-14(19(25)26)18(24)23(16)9-15(20)17(12)22-6-5-11(21)8-22;/h7,9-11H,2-6,8,21H2,1H3,(H,25,26);1H. The van der Waals surface area contributed by atoms with Gasteiger partial charge in [-0.15, -0.1) is 12.4 Å². The molecule has 0 spiro atoms. The van der Waals surface area contributed by atoms with Gasteiger partial charge in [-0.05, 0) is 43.2 Å². The van der Waals surface area contributed by atoms with E-state index in [0.717, 1.165) is 36.6 Å². The van der Waals surface area contributed by atoms with Crippen LogP contribution < -0.4 is 16.2 Å². The van der Waals surface area contributed by atoms with Crippen LogP contribution in [0.4, 0.5) is 10.1 Å². The SMILES string of the molecule is CCc1c(N2CCC(N)C2)c(F)cn2c(=O)c(C(=O)O)cc(C3CC3)c12.Cl. The van der Waals surface area contributed by atoms with Crippen molar-refractivity contribution < 1.29 is 14.3 Å². The molecule has 0 aromatic carbocycles. The summed E-state index contributed by atoms with van der Waals surface area (Å²) in [6.07, 6.45) is 4.41. The molecule has 6 nitrogen and oxygen atoms in total. The third kappa shape index (κ3) is 3.19. The fraction of sp³-hybridized carbons (Fsp3) is 0.474. The Morgan fingerprint density at radius 1 is 1.37 bits per heavy atom. The number of carboxylic acids is 1. The van der Waals surface area contributed by atoms with Crippen molar-refractivity contribution in [2.75, 3.05) is 18.0 Å². The highest BCUT2D eigenvalue weighted by Crippen LogP contribution is 2.44. The molecule has 1 saturated carbocycles. The molecule has 27 heavy (non-hydrogen) atoms. The Balaban J connectivity index is 0.00000210. The van der Waals surface area contributed by atoms with Crippen molar-refractivity contribution in [1.29, 1.82) is 0 Å². The summed E-state index contributed by atoms with van der Waals surface area (Å²) in [5.74, 6) is -1.55. The molecule has 8 heteroatoms. The average Bonchev–Trinajstić information content (AvgIpc) is 3.35. The summed E-state index contributed by atoms with van der Waals surface area (Å²) in [7, 11) is 0. The molecule has 1 aliphatic heterocycles. The number of anilines is 1. The van der Waals surface area contributed by atoms with Crippen LogP contribution in [0.1, 0.15) is 53.6 Å². The Labute approximate surface area is 162 Å². The Morgan fingerprint density at radius 2 is 2.07 bits per heavy atom. The van der Waals surface area contributed by atoms with Gasteiger partial charge >= 0.3 is 5.97 Å². The third-order valence-corrected chi connectivity index (χ3v) is 5.45. The summed E-state index contributed by atoms with van der Waals surface area (Å²) in [6.45, 7) is 3.19. The van der Waals surface area contributed by atoms with E-state index >= 15 is 4.39 Å². The molecule has 1 unspecified atom stereocenters. The van der Waals surface area contributed by atoms with E-state index < -0.39 is 17.3 Å². The quantitative estimate of drug-likeness (QED) is 0.830. The van der Waals surface area contributed by atoms with E-state index in [4.69, 9.17) is 5.73 Å². The number of carbonyl (C=O) groups is 1. The molecule has 0 radical (unpaired) electrons. The summed E-state index contributed by atoms with van der Waals surface area (Å²) in [6, 6.07) is 1.50. The molecule has 2 aliphatic rings. The molecule has 1 saturated heterocycles. The smallest absolute Gasteiger partial charge is 0.341 e. The highest BCUT2D eigenvalue weighted by molar-refractivity contribution is 5.89. The highest BCUT2D eigenvalue weighted by Gasteiger charge is 2.32. The topological polar surface area (TPSA) is 88.0 Å². The molecule has 1 aliphatic carbocycles. The third-order valence-electron chi connectivity index (χ3n) is 5.45. The molecular weight excluding hydrogens is 373 g/mol. The molecular formula is C19H23ClFN3O3. The maximum atomic E-state index is 15.0. The number of hydrogen-bond donors (Lipinski definition) is 2. The van der Waals surface area contributed by atoms with Crippen LogP contribution in [0.2, 0.25) is 0 Å². The van der Waals surface area contributed by atoms with Crippen molar-refractivity contribution in [3.05, 3.63) is 45.1 Å². The normalized spacial score (nSPS) is 19.4. The van der Waals surface area contributed by atoms with Crippen molar-refractivity contribution in [2.45, 2.75) is 44.6 Å². The van der Waals surface area contributed by atoms with Gasteiger partial charge in [-0.25, -0.2) is 9.18 Å². The first-order valence-corrected chi connectivity index (χ1v) is 9.06. The Morgan fingerprint density at radius 3 is 2.59 bits per heavy atom. The minimum absolute atomic E-state index is 0. The number of nitrogens with zero attached hydrogens (tertiary/aromatic N) is 2. The average molecular weight is 396 g/mol. The number of fused-ring (bicyclic) bond motifs is 1. The van der Waals surface area contributed by atoms with Crippen molar-refractivity contribution in [1.82, 2.24) is 4.40 Å². The first-order chi connectivity index (χ1) is 12.4. The number of aromatic nitrogens is 1. The largest absolute Gasteiger partial charge is 0.477 e. The summed E-state index contributed by atoms with van der Waals surface area (Å²) in [5.41, 5.74) is 7.78. The summed E-state index contributed by atoms with van der Waals surface area (Å²) < 4.78 is 16.2. The zero-order chi connectivity index (χ0) is 18.6. The lowest BCUT2D eigenvalue weighted by molar-refractivity contribution is 0.0694. The molecule has 0 amide bonds. The monoisotopic (exact) mass is 395 g/mol. The van der Waals surface area contributed by atoms with Crippen LogP contribution in [0.15, 0.2) is 17.1 Å². The number of rotatable bonds is 4. The van der Waals surface area contributed by atoms with Crippen LogP contribution in [-0.4, -0.2) is 34.6 Å². The van der Waals surface area contributed by atoms with Gasteiger partial charge in [0.25, 0.3) is 5.56 Å². The number of pyridine rings is 2. The molecule has 3 N–H and O–H groups in total. The van der Waals surface area contributed by atoms with Crippen LogP contribution in [0.3, 0.4) is 0 Å². The van der Waals surface area contributed by atoms with Crippen molar-refractivity contribution >= 4 is 29.6 Å². The van der Waals surface area contributed by atoms with Gasteiger partial charge in [0.05, 0.1) is 17.4 Å². The molecule has 0 bridgehead atoms. The highest BCUT2D eigenvalue weighted by atomic mass is 35.5. The summed E-state index contributed by atoms with van der Waals surface area (Å²) in [5, 5.41) is 9.37. The fourth-order valence-corrected chi connectivity index (χ4v) is 4.06. The zero-order valence-electron chi connectivity index (χ0n) is 15.1. The predicted octanol–water partition coefficient (Wildman–Crippen LogP) is 2.54. The second-order valence-corrected chi connectivity index (χ2v) is 7.27. The van der Waals surface area contributed by atoms with Crippen LogP contribution in [0, 0.1) is 5.82 Å². The van der Waals surface area contributed by atoms with Gasteiger partial charge in [0.1, 0.15) is 5.56 Å². The minimum Gasteiger partial charge on any atom is -0.477 e. The Hall–Kier alpha value is -2.12. The Kier molecular flexibility index (Phi) is 5.18. The lowest BCUT2D eigenvalue weighted by Gasteiger charge is -2.25. The number of aromatic carboxylic acids is 1. The van der Waals surface area contributed by atoms with Gasteiger partial charge in [0, 0.05) is 24.7 Å². The zero-order valence-corrected chi connectivity index (χ0v) is 15.9. The van der Waals surface area contributed by atoms with E-state index in [2.05, 4.69) is 0 Å². The van der Waals surface area contributed by atoms with Gasteiger partial charge in [-0.1, -0.05) is 6.92 Å². The maximum Gasteiger partial charge on any atom is 0.341 e.